The zero-order chi connectivity index (χ0) is 16.8. The smallest absolute Gasteiger partial charge is 0.332 e. The molecule has 1 heterocycles. The van der Waals surface area contributed by atoms with Crippen molar-refractivity contribution >= 4 is 23.5 Å². The first-order valence-electron chi connectivity index (χ1n) is 7.15. The second kappa shape index (κ2) is 7.68. The van der Waals surface area contributed by atoms with Gasteiger partial charge < -0.3 is 4.74 Å². The van der Waals surface area contributed by atoms with E-state index in [0.29, 0.717) is 25.2 Å². The lowest BCUT2D eigenvalue weighted by molar-refractivity contribution is -0.148. The van der Waals surface area contributed by atoms with Gasteiger partial charge in [-0.05, 0) is 40.2 Å². The molecule has 22 heavy (non-hydrogen) atoms. The Morgan fingerprint density at radius 1 is 1.32 bits per heavy atom. The van der Waals surface area contributed by atoms with E-state index in [-0.39, 0.29) is 11.7 Å². The zero-order valence-electron chi connectivity index (χ0n) is 13.5. The van der Waals surface area contributed by atoms with E-state index in [9.17, 15) is 14.4 Å². The number of amides is 1. The van der Waals surface area contributed by atoms with Crippen molar-refractivity contribution in [3.8, 4) is 0 Å². The topological polar surface area (TPSA) is 76.0 Å². The molecular weight excluding hydrogens is 284 g/mol. The highest BCUT2D eigenvalue weighted by Crippen LogP contribution is 2.08. The van der Waals surface area contributed by atoms with E-state index in [0.717, 1.165) is 0 Å². The number of aliphatic imine (C=N–C) groups is 1. The minimum absolute atomic E-state index is 0.0487. The first-order chi connectivity index (χ1) is 10.2. The maximum atomic E-state index is 11.9. The lowest BCUT2D eigenvalue weighted by Gasteiger charge is -2.21. The van der Waals surface area contributed by atoms with Gasteiger partial charge in [0.15, 0.2) is 5.78 Å². The van der Waals surface area contributed by atoms with E-state index in [2.05, 4.69) is 4.99 Å². The molecule has 0 saturated carbocycles. The fraction of sp³-hybridized carbons (Fsp3) is 0.500. The average molecular weight is 306 g/mol. The summed E-state index contributed by atoms with van der Waals surface area (Å²) in [6.45, 7) is 7.43. The molecule has 0 bridgehead atoms. The van der Waals surface area contributed by atoms with Gasteiger partial charge in [0.05, 0.1) is 0 Å². The molecule has 6 heteroatoms. The lowest BCUT2D eigenvalue weighted by atomic mass is 10.1. The Hall–Kier alpha value is -2.24. The van der Waals surface area contributed by atoms with Crippen molar-refractivity contribution in [1.29, 1.82) is 0 Å². The number of nitrogens with zero attached hydrogens (tertiary/aromatic N) is 2. The first-order valence-corrected chi connectivity index (χ1v) is 7.15. The molecule has 0 aromatic carbocycles. The predicted octanol–water partition coefficient (Wildman–Crippen LogP) is 2.01. The lowest BCUT2D eigenvalue weighted by Crippen LogP contribution is -2.36. The summed E-state index contributed by atoms with van der Waals surface area (Å²) >= 11 is 0. The predicted molar refractivity (Wildman–Crippen MR) is 83.2 cm³/mol. The number of ketones is 1. The minimum atomic E-state index is -0.559. The van der Waals surface area contributed by atoms with Gasteiger partial charge in [0.25, 0.3) is 5.91 Å². The molecule has 0 radical (unpaired) electrons. The Balaban J connectivity index is 2.71. The average Bonchev–Trinajstić information content (AvgIpc) is 2.36. The highest BCUT2D eigenvalue weighted by atomic mass is 16.6. The third kappa shape index (κ3) is 6.47. The number of carbonyl (C=O) groups excluding carboxylic acids is 3. The number of amidine groups is 1. The molecular formula is C16H22N2O4. The molecule has 1 rings (SSSR count). The summed E-state index contributed by atoms with van der Waals surface area (Å²) in [7, 11) is 0. The Bertz CT molecular complexity index is 539. The fourth-order valence-electron chi connectivity index (χ4n) is 1.79. The number of ether oxygens (including phenoxy) is 1. The van der Waals surface area contributed by atoms with E-state index in [1.54, 1.807) is 27.7 Å². The van der Waals surface area contributed by atoms with Crippen molar-refractivity contribution < 1.29 is 19.1 Å². The minimum Gasteiger partial charge on any atom is -0.457 e. The molecule has 0 aliphatic carbocycles. The second-order valence-corrected chi connectivity index (χ2v) is 5.92. The summed E-state index contributed by atoms with van der Waals surface area (Å²) in [5.41, 5.74) is -0.559. The fourth-order valence-corrected chi connectivity index (χ4v) is 1.79. The van der Waals surface area contributed by atoms with Crippen LogP contribution < -0.4 is 0 Å². The number of rotatable bonds is 2. The summed E-state index contributed by atoms with van der Waals surface area (Å²) in [4.78, 5) is 40.3. The van der Waals surface area contributed by atoms with Crippen molar-refractivity contribution in [1.82, 2.24) is 4.90 Å². The van der Waals surface area contributed by atoms with Crippen LogP contribution in [0.1, 0.15) is 40.5 Å². The van der Waals surface area contributed by atoms with Crippen LogP contribution in [0.2, 0.25) is 0 Å². The van der Waals surface area contributed by atoms with Crippen LogP contribution >= 0.6 is 0 Å². The number of esters is 1. The summed E-state index contributed by atoms with van der Waals surface area (Å²) < 4.78 is 5.11. The van der Waals surface area contributed by atoms with Crippen LogP contribution in [0.5, 0.6) is 0 Å². The largest absolute Gasteiger partial charge is 0.457 e. The molecule has 0 unspecified atom stereocenters. The van der Waals surface area contributed by atoms with Gasteiger partial charge in [-0.1, -0.05) is 0 Å². The van der Waals surface area contributed by atoms with Crippen LogP contribution in [0.25, 0.3) is 0 Å². The van der Waals surface area contributed by atoms with Gasteiger partial charge in [-0.15, -0.1) is 0 Å². The summed E-state index contributed by atoms with van der Waals surface area (Å²) in [6.07, 6.45) is 6.04. The van der Waals surface area contributed by atoms with Crippen LogP contribution in [0.3, 0.4) is 0 Å². The maximum Gasteiger partial charge on any atom is 0.332 e. The number of hydrogen-bond donors (Lipinski definition) is 0. The molecule has 0 aromatic heterocycles. The molecule has 0 fully saturated rings. The van der Waals surface area contributed by atoms with Crippen molar-refractivity contribution in [3.05, 3.63) is 24.4 Å². The van der Waals surface area contributed by atoms with Crippen molar-refractivity contribution in [2.24, 2.45) is 4.99 Å². The molecule has 1 amide bonds. The number of allylic oxidation sites excluding steroid dienone is 1. The second-order valence-electron chi connectivity index (χ2n) is 5.92. The van der Waals surface area contributed by atoms with Gasteiger partial charge >= 0.3 is 5.97 Å². The highest BCUT2D eigenvalue weighted by Gasteiger charge is 2.17. The van der Waals surface area contributed by atoms with Crippen LogP contribution in [0.15, 0.2) is 29.4 Å². The molecule has 0 aromatic rings. The molecule has 0 spiro atoms. The Labute approximate surface area is 130 Å². The Morgan fingerprint density at radius 3 is 2.64 bits per heavy atom. The van der Waals surface area contributed by atoms with Gasteiger partial charge in [0, 0.05) is 31.3 Å². The monoisotopic (exact) mass is 306 g/mol. The van der Waals surface area contributed by atoms with Gasteiger partial charge in [-0.3, -0.25) is 14.5 Å². The zero-order valence-corrected chi connectivity index (χ0v) is 13.5. The van der Waals surface area contributed by atoms with Gasteiger partial charge in [-0.2, -0.15) is 0 Å². The standard InChI is InChI=1S/C16H22N2O4/c1-12(17-10-9-15(21)22-16(2,3)4)18-11-5-6-13(19)7-8-14(18)20/h7-10H,5-6,11H2,1-4H3/b8-7+,10-9+,17-12+. The Morgan fingerprint density at radius 2 is 2.00 bits per heavy atom. The number of hydrogen-bond acceptors (Lipinski definition) is 5. The molecule has 0 N–H and O–H groups in total. The van der Waals surface area contributed by atoms with Crippen LogP contribution in [0.4, 0.5) is 0 Å². The third-order valence-corrected chi connectivity index (χ3v) is 2.75. The van der Waals surface area contributed by atoms with E-state index >= 15 is 0 Å². The van der Waals surface area contributed by atoms with Crippen LogP contribution in [-0.4, -0.2) is 40.5 Å². The molecule has 1 aliphatic rings. The van der Waals surface area contributed by atoms with Crippen molar-refractivity contribution in [2.75, 3.05) is 6.54 Å². The summed E-state index contributed by atoms with van der Waals surface area (Å²) in [5, 5.41) is 0. The van der Waals surface area contributed by atoms with Gasteiger partial charge in [0.1, 0.15) is 11.4 Å². The molecule has 120 valence electrons. The van der Waals surface area contributed by atoms with Gasteiger partial charge in [-0.25, -0.2) is 9.79 Å². The van der Waals surface area contributed by atoms with Crippen molar-refractivity contribution in [2.45, 2.75) is 46.1 Å². The number of carbonyl (C=O) groups is 3. The molecule has 0 saturated heterocycles. The van der Waals surface area contributed by atoms with E-state index in [1.165, 1.54) is 29.3 Å². The quantitative estimate of drug-likeness (QED) is 0.338. The third-order valence-electron chi connectivity index (χ3n) is 2.75. The van der Waals surface area contributed by atoms with Gasteiger partial charge in [0.2, 0.25) is 0 Å². The highest BCUT2D eigenvalue weighted by molar-refractivity contribution is 6.06. The van der Waals surface area contributed by atoms with Crippen LogP contribution in [-0.2, 0) is 19.1 Å². The maximum absolute atomic E-state index is 11.9. The van der Waals surface area contributed by atoms with E-state index in [1.807, 2.05) is 0 Å². The molecule has 1 aliphatic heterocycles. The summed E-state index contributed by atoms with van der Waals surface area (Å²) in [5.74, 6) is -0.371. The molecule has 0 atom stereocenters. The normalized spacial score (nSPS) is 19.1. The molecule has 6 nitrogen and oxygen atoms in total. The first kappa shape index (κ1) is 17.8. The van der Waals surface area contributed by atoms with E-state index < -0.39 is 11.6 Å². The summed E-state index contributed by atoms with van der Waals surface area (Å²) in [6, 6.07) is 0. The van der Waals surface area contributed by atoms with Crippen LogP contribution in [0, 0.1) is 0 Å². The van der Waals surface area contributed by atoms with Crippen molar-refractivity contribution in [3.63, 3.8) is 0 Å². The SMILES string of the molecule is C/C(=N\C=C\C(=O)OC(C)(C)C)N1CCCC(=O)/C=C/C1=O. The van der Waals surface area contributed by atoms with E-state index in [4.69, 9.17) is 4.74 Å². The Kier molecular flexibility index (Phi) is 6.22.